The van der Waals surface area contributed by atoms with Crippen molar-refractivity contribution in [2.75, 3.05) is 6.61 Å². The first-order valence-electron chi connectivity index (χ1n) is 8.20. The SMILES string of the molecule is CCOC1(c2noc([C@@H](N)CC(C)C)n2)CCC(C)CC1. The molecule has 0 amide bonds. The topological polar surface area (TPSA) is 74.2 Å². The van der Waals surface area contributed by atoms with Crippen molar-refractivity contribution in [1.82, 2.24) is 10.1 Å². The number of aromatic nitrogens is 2. The average molecular weight is 295 g/mol. The molecule has 1 fully saturated rings. The van der Waals surface area contributed by atoms with E-state index in [0.717, 1.165) is 38.0 Å². The summed E-state index contributed by atoms with van der Waals surface area (Å²) in [5.41, 5.74) is 5.77. The Kier molecular flexibility index (Phi) is 5.38. The molecule has 1 aromatic heterocycles. The van der Waals surface area contributed by atoms with Gasteiger partial charge in [0.15, 0.2) is 0 Å². The molecular weight excluding hydrogens is 266 g/mol. The summed E-state index contributed by atoms with van der Waals surface area (Å²) in [5, 5.41) is 4.19. The van der Waals surface area contributed by atoms with Crippen LogP contribution in [0.1, 0.15) is 77.6 Å². The summed E-state index contributed by atoms with van der Waals surface area (Å²) in [6.07, 6.45) is 5.05. The molecule has 1 heterocycles. The van der Waals surface area contributed by atoms with Crippen molar-refractivity contribution in [3.63, 3.8) is 0 Å². The Balaban J connectivity index is 2.16. The van der Waals surface area contributed by atoms with Crippen LogP contribution in [0.5, 0.6) is 0 Å². The largest absolute Gasteiger partial charge is 0.367 e. The number of hydrogen-bond donors (Lipinski definition) is 1. The molecule has 1 aliphatic rings. The highest BCUT2D eigenvalue weighted by Crippen LogP contribution is 2.41. The maximum Gasteiger partial charge on any atom is 0.243 e. The molecule has 21 heavy (non-hydrogen) atoms. The molecule has 1 saturated carbocycles. The molecule has 5 heteroatoms. The first-order chi connectivity index (χ1) is 9.97. The first kappa shape index (κ1) is 16.4. The third kappa shape index (κ3) is 3.83. The Morgan fingerprint density at radius 3 is 2.62 bits per heavy atom. The van der Waals surface area contributed by atoms with Crippen LogP contribution in [0.2, 0.25) is 0 Å². The van der Waals surface area contributed by atoms with Gasteiger partial charge in [0.25, 0.3) is 0 Å². The molecule has 0 radical (unpaired) electrons. The second kappa shape index (κ2) is 6.88. The lowest BCUT2D eigenvalue weighted by Gasteiger charge is -2.36. The number of nitrogens with two attached hydrogens (primary N) is 1. The van der Waals surface area contributed by atoms with Crippen molar-refractivity contribution >= 4 is 0 Å². The maximum absolute atomic E-state index is 6.14. The van der Waals surface area contributed by atoms with E-state index in [1.165, 1.54) is 0 Å². The molecule has 0 saturated heterocycles. The molecule has 1 aliphatic carbocycles. The van der Waals surface area contributed by atoms with Gasteiger partial charge in [0, 0.05) is 6.61 Å². The van der Waals surface area contributed by atoms with Crippen molar-refractivity contribution in [3.05, 3.63) is 11.7 Å². The van der Waals surface area contributed by atoms with Crippen LogP contribution >= 0.6 is 0 Å². The molecular formula is C16H29N3O2. The van der Waals surface area contributed by atoms with Crippen LogP contribution in [-0.4, -0.2) is 16.7 Å². The Morgan fingerprint density at radius 1 is 1.38 bits per heavy atom. The van der Waals surface area contributed by atoms with E-state index in [2.05, 4.69) is 30.9 Å². The van der Waals surface area contributed by atoms with Crippen LogP contribution in [-0.2, 0) is 10.3 Å². The molecule has 1 aromatic rings. The van der Waals surface area contributed by atoms with E-state index < -0.39 is 0 Å². The summed E-state index contributed by atoms with van der Waals surface area (Å²) < 4.78 is 11.5. The molecule has 0 aromatic carbocycles. The highest BCUT2D eigenvalue weighted by Gasteiger charge is 2.41. The molecule has 1 atom stereocenters. The van der Waals surface area contributed by atoms with Gasteiger partial charge < -0.3 is 15.0 Å². The minimum Gasteiger partial charge on any atom is -0.367 e. The third-order valence-corrected chi connectivity index (χ3v) is 4.39. The predicted octanol–water partition coefficient (Wildman–Crippen LogP) is 3.56. The zero-order valence-corrected chi connectivity index (χ0v) is 13.8. The quantitative estimate of drug-likeness (QED) is 0.868. The van der Waals surface area contributed by atoms with E-state index in [-0.39, 0.29) is 11.6 Å². The van der Waals surface area contributed by atoms with E-state index in [1.807, 2.05) is 6.92 Å². The van der Waals surface area contributed by atoms with E-state index >= 15 is 0 Å². The van der Waals surface area contributed by atoms with Crippen LogP contribution in [0.4, 0.5) is 0 Å². The van der Waals surface area contributed by atoms with Crippen molar-refractivity contribution in [2.24, 2.45) is 17.6 Å². The van der Waals surface area contributed by atoms with E-state index in [4.69, 9.17) is 15.0 Å². The zero-order valence-electron chi connectivity index (χ0n) is 13.8. The second-order valence-corrected chi connectivity index (χ2v) is 6.80. The fourth-order valence-corrected chi connectivity index (χ4v) is 3.12. The van der Waals surface area contributed by atoms with Gasteiger partial charge in [0.2, 0.25) is 11.7 Å². The van der Waals surface area contributed by atoms with E-state index in [1.54, 1.807) is 0 Å². The Morgan fingerprint density at radius 2 is 2.05 bits per heavy atom. The zero-order chi connectivity index (χ0) is 15.5. The first-order valence-corrected chi connectivity index (χ1v) is 8.20. The fraction of sp³-hybridized carbons (Fsp3) is 0.875. The van der Waals surface area contributed by atoms with Gasteiger partial charge in [-0.1, -0.05) is 25.9 Å². The number of hydrogen-bond acceptors (Lipinski definition) is 5. The number of nitrogens with zero attached hydrogens (tertiary/aromatic N) is 2. The van der Waals surface area contributed by atoms with Gasteiger partial charge in [-0.15, -0.1) is 0 Å². The van der Waals surface area contributed by atoms with Crippen molar-refractivity contribution in [2.45, 2.75) is 71.4 Å². The lowest BCUT2D eigenvalue weighted by molar-refractivity contribution is -0.0847. The lowest BCUT2D eigenvalue weighted by Crippen LogP contribution is -2.35. The number of rotatable bonds is 6. The third-order valence-electron chi connectivity index (χ3n) is 4.39. The fourth-order valence-electron chi connectivity index (χ4n) is 3.12. The highest BCUT2D eigenvalue weighted by molar-refractivity contribution is 5.05. The van der Waals surface area contributed by atoms with Crippen LogP contribution in [0.15, 0.2) is 4.52 Å². The molecule has 0 bridgehead atoms. The molecule has 0 spiro atoms. The molecule has 0 aliphatic heterocycles. The van der Waals surface area contributed by atoms with E-state index in [0.29, 0.717) is 24.2 Å². The Bertz CT molecular complexity index is 436. The van der Waals surface area contributed by atoms with Gasteiger partial charge in [0.1, 0.15) is 5.60 Å². The highest BCUT2D eigenvalue weighted by atomic mass is 16.5. The van der Waals surface area contributed by atoms with Gasteiger partial charge >= 0.3 is 0 Å². The normalized spacial score (nSPS) is 28.0. The van der Waals surface area contributed by atoms with Crippen LogP contribution in [0.25, 0.3) is 0 Å². The summed E-state index contributed by atoms with van der Waals surface area (Å²) >= 11 is 0. The Hall–Kier alpha value is -0.940. The minimum absolute atomic E-state index is 0.188. The molecule has 2 N–H and O–H groups in total. The van der Waals surface area contributed by atoms with Gasteiger partial charge in [-0.2, -0.15) is 4.98 Å². The van der Waals surface area contributed by atoms with Crippen LogP contribution in [0.3, 0.4) is 0 Å². The van der Waals surface area contributed by atoms with E-state index in [9.17, 15) is 0 Å². The predicted molar refractivity (Wildman–Crippen MR) is 81.6 cm³/mol. The Labute approximate surface area is 127 Å². The van der Waals surface area contributed by atoms with Crippen LogP contribution < -0.4 is 5.73 Å². The van der Waals surface area contributed by atoms with Crippen molar-refractivity contribution in [3.8, 4) is 0 Å². The van der Waals surface area contributed by atoms with Crippen molar-refractivity contribution < 1.29 is 9.26 Å². The van der Waals surface area contributed by atoms with Gasteiger partial charge in [-0.25, -0.2) is 0 Å². The summed E-state index contributed by atoms with van der Waals surface area (Å²) in [6.45, 7) is 9.25. The molecule has 120 valence electrons. The van der Waals surface area contributed by atoms with Gasteiger partial charge in [0.05, 0.1) is 6.04 Å². The smallest absolute Gasteiger partial charge is 0.243 e. The van der Waals surface area contributed by atoms with Crippen molar-refractivity contribution in [1.29, 1.82) is 0 Å². The molecule has 0 unspecified atom stereocenters. The van der Waals surface area contributed by atoms with Gasteiger partial charge in [-0.3, -0.25) is 0 Å². The monoisotopic (exact) mass is 295 g/mol. The summed E-state index contributed by atoms with van der Waals surface area (Å²) in [5.74, 6) is 2.47. The standard InChI is InChI=1S/C16H29N3O2/c1-5-20-16(8-6-12(4)7-9-16)15-18-14(21-19-15)13(17)10-11(2)3/h11-13H,5-10,17H2,1-4H3/t12?,13-,16?/m0/s1. The summed E-state index contributed by atoms with van der Waals surface area (Å²) in [7, 11) is 0. The summed E-state index contributed by atoms with van der Waals surface area (Å²) in [6, 6.07) is -0.188. The van der Waals surface area contributed by atoms with Gasteiger partial charge in [-0.05, 0) is 50.9 Å². The average Bonchev–Trinajstić information content (AvgIpc) is 2.91. The molecule has 2 rings (SSSR count). The van der Waals surface area contributed by atoms with Crippen LogP contribution in [0, 0.1) is 11.8 Å². The minimum atomic E-state index is -0.374. The lowest BCUT2D eigenvalue weighted by atomic mass is 9.79. The second-order valence-electron chi connectivity index (χ2n) is 6.80. The summed E-state index contributed by atoms with van der Waals surface area (Å²) in [4.78, 5) is 4.57. The number of ether oxygens (including phenoxy) is 1. The molecule has 5 nitrogen and oxygen atoms in total. The maximum atomic E-state index is 6.14.